The smallest absolute Gasteiger partial charge is 0.156 e. The second kappa shape index (κ2) is 4.50. The fourth-order valence-corrected chi connectivity index (χ4v) is 3.28. The van der Waals surface area contributed by atoms with Crippen molar-refractivity contribution in [3.05, 3.63) is 35.4 Å². The molecule has 0 amide bonds. The minimum Gasteiger partial charge on any atom is -0.362 e. The maximum Gasteiger partial charge on any atom is 0.156 e. The van der Waals surface area contributed by atoms with Gasteiger partial charge in [-0.2, -0.15) is 0 Å². The summed E-state index contributed by atoms with van der Waals surface area (Å²) in [5.74, 6) is 1.21. The molecule has 2 aliphatic rings. The molecule has 0 bridgehead atoms. The number of thioether (sulfide) groups is 1. The normalized spacial score (nSPS) is 20.4. The van der Waals surface area contributed by atoms with Gasteiger partial charge in [-0.1, -0.05) is 36.0 Å². The van der Waals surface area contributed by atoms with E-state index in [1.54, 1.807) is 0 Å². The molecule has 1 N–H and O–H groups in total. The van der Waals surface area contributed by atoms with E-state index in [1.807, 2.05) is 11.8 Å². The van der Waals surface area contributed by atoms with E-state index in [1.165, 1.54) is 23.3 Å². The molecule has 0 radical (unpaired) electrons. The summed E-state index contributed by atoms with van der Waals surface area (Å²) in [6.45, 7) is 0.995. The van der Waals surface area contributed by atoms with Gasteiger partial charge in [-0.3, -0.25) is 4.99 Å². The van der Waals surface area contributed by atoms with Crippen molar-refractivity contribution in [2.24, 2.45) is 4.99 Å². The third kappa shape index (κ3) is 2.09. The topological polar surface area (TPSA) is 24.4 Å². The molecule has 0 unspecified atom stereocenters. The molecule has 3 rings (SSSR count). The fourth-order valence-electron chi connectivity index (χ4n) is 2.38. The first-order chi connectivity index (χ1) is 7.92. The Morgan fingerprint density at radius 3 is 2.56 bits per heavy atom. The lowest BCUT2D eigenvalue weighted by molar-refractivity contribution is 0.646. The number of hydrogen-bond donors (Lipinski definition) is 1. The Bertz CT molecular complexity index is 389. The van der Waals surface area contributed by atoms with Gasteiger partial charge in [-0.15, -0.1) is 0 Å². The second-order valence-electron chi connectivity index (χ2n) is 4.41. The maximum atomic E-state index is 4.52. The van der Waals surface area contributed by atoms with Gasteiger partial charge in [0.1, 0.15) is 0 Å². The minimum absolute atomic E-state index is 0.557. The van der Waals surface area contributed by atoms with Crippen molar-refractivity contribution >= 4 is 16.9 Å². The SMILES string of the molecule is c1ccc2c(c1)CC(NC1=NCCCS1)C2. The van der Waals surface area contributed by atoms with Gasteiger partial charge in [-0.25, -0.2) is 0 Å². The Morgan fingerprint density at radius 2 is 1.94 bits per heavy atom. The van der Waals surface area contributed by atoms with Gasteiger partial charge in [0, 0.05) is 18.3 Å². The fraction of sp³-hybridized carbons (Fsp3) is 0.462. The molecular formula is C13H16N2S. The molecule has 0 saturated carbocycles. The molecule has 0 saturated heterocycles. The molecule has 2 nitrogen and oxygen atoms in total. The summed E-state index contributed by atoms with van der Waals surface area (Å²) < 4.78 is 0. The van der Waals surface area contributed by atoms with Crippen molar-refractivity contribution in [1.82, 2.24) is 5.32 Å². The Labute approximate surface area is 101 Å². The third-order valence-corrected chi connectivity index (χ3v) is 4.19. The number of nitrogens with one attached hydrogen (secondary N) is 1. The van der Waals surface area contributed by atoms with Crippen LogP contribution in [0.1, 0.15) is 17.5 Å². The van der Waals surface area contributed by atoms with Crippen LogP contribution < -0.4 is 5.32 Å². The summed E-state index contributed by atoms with van der Waals surface area (Å²) in [5.41, 5.74) is 3.00. The van der Waals surface area contributed by atoms with Crippen molar-refractivity contribution in [2.75, 3.05) is 12.3 Å². The van der Waals surface area contributed by atoms with Crippen LogP contribution in [-0.2, 0) is 12.8 Å². The van der Waals surface area contributed by atoms with Crippen LogP contribution in [0.25, 0.3) is 0 Å². The number of fused-ring (bicyclic) bond motifs is 1. The highest BCUT2D eigenvalue weighted by molar-refractivity contribution is 8.13. The van der Waals surface area contributed by atoms with Crippen LogP contribution in [0.5, 0.6) is 0 Å². The van der Waals surface area contributed by atoms with Crippen molar-refractivity contribution in [3.63, 3.8) is 0 Å². The van der Waals surface area contributed by atoms with E-state index in [0.717, 1.165) is 24.6 Å². The van der Waals surface area contributed by atoms with Gasteiger partial charge >= 0.3 is 0 Å². The molecule has 16 heavy (non-hydrogen) atoms. The van der Waals surface area contributed by atoms with E-state index >= 15 is 0 Å². The largest absolute Gasteiger partial charge is 0.362 e. The molecule has 84 valence electrons. The summed E-state index contributed by atoms with van der Waals surface area (Å²) in [5, 5.41) is 4.73. The number of amidine groups is 1. The van der Waals surface area contributed by atoms with Crippen molar-refractivity contribution in [3.8, 4) is 0 Å². The molecule has 1 aliphatic carbocycles. The first kappa shape index (κ1) is 10.2. The molecule has 0 spiro atoms. The van der Waals surface area contributed by atoms with Crippen LogP contribution in [0.3, 0.4) is 0 Å². The number of aliphatic imine (C=N–C) groups is 1. The van der Waals surface area contributed by atoms with Gasteiger partial charge in [0.05, 0.1) is 0 Å². The minimum atomic E-state index is 0.557. The molecule has 1 aromatic rings. The van der Waals surface area contributed by atoms with Gasteiger partial charge < -0.3 is 5.32 Å². The second-order valence-corrected chi connectivity index (χ2v) is 5.49. The molecule has 0 atom stereocenters. The molecule has 1 aromatic carbocycles. The van der Waals surface area contributed by atoms with Crippen molar-refractivity contribution in [2.45, 2.75) is 25.3 Å². The monoisotopic (exact) mass is 232 g/mol. The number of benzene rings is 1. The zero-order chi connectivity index (χ0) is 10.8. The predicted octanol–water partition coefficient (Wildman–Crippen LogP) is 2.24. The Hall–Kier alpha value is -0.960. The average Bonchev–Trinajstić information content (AvgIpc) is 2.72. The standard InChI is InChI=1S/C13H16N2S/c1-2-5-11-9-12(8-10(11)4-1)15-13-14-6-3-7-16-13/h1-2,4-5,12H,3,6-9H2,(H,14,15). The highest BCUT2D eigenvalue weighted by Crippen LogP contribution is 2.22. The number of hydrogen-bond acceptors (Lipinski definition) is 3. The van der Waals surface area contributed by atoms with E-state index in [2.05, 4.69) is 34.6 Å². The van der Waals surface area contributed by atoms with Gasteiger partial charge in [-0.05, 0) is 30.4 Å². The highest BCUT2D eigenvalue weighted by Gasteiger charge is 2.22. The van der Waals surface area contributed by atoms with E-state index in [0.29, 0.717) is 6.04 Å². The first-order valence-corrected chi connectivity index (χ1v) is 6.91. The molecule has 1 aliphatic heterocycles. The van der Waals surface area contributed by atoms with Gasteiger partial charge in [0.15, 0.2) is 5.17 Å². The summed E-state index contributed by atoms with van der Waals surface area (Å²) in [6.07, 6.45) is 3.52. The van der Waals surface area contributed by atoms with Crippen LogP contribution in [-0.4, -0.2) is 23.5 Å². The third-order valence-electron chi connectivity index (χ3n) is 3.18. The highest BCUT2D eigenvalue weighted by atomic mass is 32.2. The molecular weight excluding hydrogens is 216 g/mol. The predicted molar refractivity (Wildman–Crippen MR) is 70.2 cm³/mol. The zero-order valence-electron chi connectivity index (χ0n) is 9.28. The number of nitrogens with zero attached hydrogens (tertiary/aromatic N) is 1. The summed E-state index contributed by atoms with van der Waals surface area (Å²) in [6, 6.07) is 9.31. The van der Waals surface area contributed by atoms with Gasteiger partial charge in [0.2, 0.25) is 0 Å². The molecule has 1 heterocycles. The van der Waals surface area contributed by atoms with Crippen molar-refractivity contribution in [1.29, 1.82) is 0 Å². The van der Waals surface area contributed by atoms with Crippen LogP contribution in [0.4, 0.5) is 0 Å². The van der Waals surface area contributed by atoms with E-state index in [9.17, 15) is 0 Å². The van der Waals surface area contributed by atoms with Crippen LogP contribution in [0.2, 0.25) is 0 Å². The summed E-state index contributed by atoms with van der Waals surface area (Å²) in [7, 11) is 0. The lowest BCUT2D eigenvalue weighted by Gasteiger charge is -2.17. The maximum absolute atomic E-state index is 4.52. The summed E-state index contributed by atoms with van der Waals surface area (Å²) >= 11 is 1.87. The molecule has 0 fully saturated rings. The summed E-state index contributed by atoms with van der Waals surface area (Å²) in [4.78, 5) is 4.52. The van der Waals surface area contributed by atoms with Crippen molar-refractivity contribution < 1.29 is 0 Å². The van der Waals surface area contributed by atoms with Crippen LogP contribution in [0.15, 0.2) is 29.3 Å². The van der Waals surface area contributed by atoms with E-state index in [-0.39, 0.29) is 0 Å². The Balaban J connectivity index is 1.65. The number of rotatable bonds is 1. The Kier molecular flexibility index (Phi) is 2.87. The Morgan fingerprint density at radius 1 is 1.19 bits per heavy atom. The average molecular weight is 232 g/mol. The molecule has 0 aromatic heterocycles. The zero-order valence-corrected chi connectivity index (χ0v) is 10.1. The quantitative estimate of drug-likeness (QED) is 0.803. The lowest BCUT2D eigenvalue weighted by Crippen LogP contribution is -2.34. The first-order valence-electron chi connectivity index (χ1n) is 5.92. The van der Waals surface area contributed by atoms with Crippen LogP contribution in [0, 0.1) is 0 Å². The van der Waals surface area contributed by atoms with E-state index < -0.39 is 0 Å². The van der Waals surface area contributed by atoms with Gasteiger partial charge in [0.25, 0.3) is 0 Å². The lowest BCUT2D eigenvalue weighted by atomic mass is 10.1. The van der Waals surface area contributed by atoms with Crippen LogP contribution >= 0.6 is 11.8 Å². The molecule has 3 heteroatoms. The van der Waals surface area contributed by atoms with E-state index in [4.69, 9.17) is 0 Å².